The molecule has 1 aliphatic rings. The number of aryl methyl sites for hydroxylation is 2. The number of amides is 1. The molecule has 0 spiro atoms. The predicted octanol–water partition coefficient (Wildman–Crippen LogP) is 4.08. The van der Waals surface area contributed by atoms with Crippen molar-refractivity contribution in [3.63, 3.8) is 0 Å². The van der Waals surface area contributed by atoms with E-state index in [1.54, 1.807) is 36.5 Å². The van der Waals surface area contributed by atoms with Gasteiger partial charge in [-0.25, -0.2) is 19.6 Å². The molecule has 3 aromatic rings. The molecule has 1 amide bonds. The highest BCUT2D eigenvalue weighted by molar-refractivity contribution is 7.19. The van der Waals surface area contributed by atoms with E-state index in [1.165, 1.54) is 22.9 Å². The Morgan fingerprint density at radius 1 is 1.20 bits per heavy atom. The largest absolute Gasteiger partial charge is 0.454 e. The van der Waals surface area contributed by atoms with Crippen LogP contribution in [0.4, 0.5) is 16.3 Å². The Bertz CT molecular complexity index is 1110. The van der Waals surface area contributed by atoms with Crippen LogP contribution in [0.3, 0.4) is 0 Å². The molecule has 4 rings (SSSR count). The van der Waals surface area contributed by atoms with Crippen molar-refractivity contribution in [3.8, 4) is 0 Å². The quantitative estimate of drug-likeness (QED) is 0.591. The number of ether oxygens (including phenoxy) is 2. The first-order valence-corrected chi connectivity index (χ1v) is 10.6. The van der Waals surface area contributed by atoms with Crippen molar-refractivity contribution in [1.29, 1.82) is 0 Å². The molecule has 0 unspecified atom stereocenters. The second-order valence-electron chi connectivity index (χ2n) is 6.92. The Morgan fingerprint density at radius 2 is 2.03 bits per heavy atom. The molecule has 3 N–H and O–H groups in total. The van der Waals surface area contributed by atoms with Crippen LogP contribution in [0.2, 0.25) is 0 Å². The Labute approximate surface area is 177 Å². The van der Waals surface area contributed by atoms with Gasteiger partial charge in [0.1, 0.15) is 10.6 Å². The molecular formula is C21H22N4O4S. The van der Waals surface area contributed by atoms with Gasteiger partial charge in [-0.15, -0.1) is 11.3 Å². The van der Waals surface area contributed by atoms with E-state index >= 15 is 0 Å². The Balaban J connectivity index is 1.46. The highest BCUT2D eigenvalue weighted by Crippen LogP contribution is 2.37. The molecule has 8 nitrogen and oxygen atoms in total. The molecule has 2 heterocycles. The number of carbonyl (C=O) groups excluding carboxylic acids is 2. The van der Waals surface area contributed by atoms with Gasteiger partial charge in [-0.2, -0.15) is 0 Å². The summed E-state index contributed by atoms with van der Waals surface area (Å²) >= 11 is 1.65. The molecular weight excluding hydrogens is 404 g/mol. The number of fused-ring (bicyclic) bond motifs is 3. The molecule has 0 bridgehead atoms. The third kappa shape index (κ3) is 4.20. The summed E-state index contributed by atoms with van der Waals surface area (Å²) < 4.78 is 10.2. The molecule has 0 saturated carbocycles. The maximum Gasteiger partial charge on any atom is 0.411 e. The van der Waals surface area contributed by atoms with Gasteiger partial charge in [-0.1, -0.05) is 6.07 Å². The molecule has 0 fully saturated rings. The molecule has 1 aromatic carbocycles. The summed E-state index contributed by atoms with van der Waals surface area (Å²) in [6.45, 7) is 1.89. The second-order valence-corrected chi connectivity index (χ2v) is 8.00. The number of hydrogen-bond donors (Lipinski definition) is 2. The van der Waals surface area contributed by atoms with Crippen LogP contribution in [0.5, 0.6) is 0 Å². The molecule has 0 atom stereocenters. The molecule has 0 saturated heterocycles. The fourth-order valence-electron chi connectivity index (χ4n) is 3.52. The Kier molecular flexibility index (Phi) is 5.80. The number of hydrogen-bond acceptors (Lipinski definition) is 8. The molecule has 0 aliphatic heterocycles. The molecule has 156 valence electrons. The van der Waals surface area contributed by atoms with Crippen molar-refractivity contribution in [1.82, 2.24) is 9.97 Å². The Hall–Kier alpha value is -3.20. The lowest BCUT2D eigenvalue weighted by molar-refractivity contribution is 0.0462. The van der Waals surface area contributed by atoms with Crippen molar-refractivity contribution < 1.29 is 19.1 Å². The third-order valence-corrected chi connectivity index (χ3v) is 6.03. The van der Waals surface area contributed by atoms with Crippen molar-refractivity contribution in [3.05, 3.63) is 46.1 Å². The van der Waals surface area contributed by atoms with Crippen LogP contribution >= 0.6 is 11.3 Å². The van der Waals surface area contributed by atoms with E-state index in [4.69, 9.17) is 15.2 Å². The minimum absolute atomic E-state index is 0.0862. The van der Waals surface area contributed by atoms with Crippen molar-refractivity contribution in [2.24, 2.45) is 0 Å². The van der Waals surface area contributed by atoms with Crippen LogP contribution < -0.4 is 11.1 Å². The van der Waals surface area contributed by atoms with E-state index in [1.807, 2.05) is 0 Å². The zero-order valence-electron chi connectivity index (χ0n) is 16.6. The average Bonchev–Trinajstić information content (AvgIpc) is 3.11. The van der Waals surface area contributed by atoms with Gasteiger partial charge in [0.15, 0.2) is 12.4 Å². The number of nitrogens with zero attached hydrogens (tertiary/aromatic N) is 2. The maximum atomic E-state index is 12.4. The van der Waals surface area contributed by atoms with Crippen LogP contribution in [0.15, 0.2) is 24.3 Å². The fraction of sp³-hybridized carbons (Fsp3) is 0.333. The van der Waals surface area contributed by atoms with Gasteiger partial charge < -0.3 is 15.2 Å². The highest BCUT2D eigenvalue weighted by atomic mass is 32.1. The van der Waals surface area contributed by atoms with Crippen molar-refractivity contribution in [2.75, 3.05) is 17.7 Å². The van der Waals surface area contributed by atoms with Crippen LogP contribution in [0.1, 0.15) is 46.4 Å². The SMILES string of the molecule is CCOC(=O)Nc1cccc(C(=O)OCc2nc(N)c3c4c(sc3n2)CCCC4)c1. The summed E-state index contributed by atoms with van der Waals surface area (Å²) in [5.41, 5.74) is 8.20. The summed E-state index contributed by atoms with van der Waals surface area (Å²) in [7, 11) is 0. The number of carbonyl (C=O) groups is 2. The lowest BCUT2D eigenvalue weighted by Crippen LogP contribution is -2.14. The molecule has 30 heavy (non-hydrogen) atoms. The maximum absolute atomic E-state index is 12.4. The molecule has 1 aliphatic carbocycles. The van der Waals surface area contributed by atoms with Gasteiger partial charge in [-0.3, -0.25) is 5.32 Å². The van der Waals surface area contributed by atoms with Crippen molar-refractivity contribution in [2.45, 2.75) is 39.2 Å². The number of nitrogens with two attached hydrogens (primary N) is 1. The topological polar surface area (TPSA) is 116 Å². The standard InChI is InChI=1S/C21H22N4O4S/c1-2-28-21(27)23-13-7-5-6-12(10-13)20(26)29-11-16-24-18(22)17-14-8-3-4-9-15(14)30-19(17)25-16/h5-7,10H,2-4,8-9,11H2,1H3,(H,23,27)(H2,22,24,25). The third-order valence-electron chi connectivity index (χ3n) is 4.84. The zero-order chi connectivity index (χ0) is 21.1. The number of anilines is 2. The normalized spacial score (nSPS) is 13.0. The summed E-state index contributed by atoms with van der Waals surface area (Å²) in [6.07, 6.45) is 3.81. The monoisotopic (exact) mass is 426 g/mol. The molecule has 2 aromatic heterocycles. The Morgan fingerprint density at radius 3 is 2.87 bits per heavy atom. The van der Waals surface area contributed by atoms with Crippen LogP contribution in [0.25, 0.3) is 10.2 Å². The number of nitrogens with one attached hydrogen (secondary N) is 1. The fourth-order valence-corrected chi connectivity index (χ4v) is 4.81. The first kappa shape index (κ1) is 20.1. The zero-order valence-corrected chi connectivity index (χ0v) is 17.4. The van der Waals surface area contributed by atoms with E-state index in [2.05, 4.69) is 15.3 Å². The van der Waals surface area contributed by atoms with Crippen LogP contribution in [0, 0.1) is 0 Å². The number of benzene rings is 1. The average molecular weight is 426 g/mol. The number of thiophene rings is 1. The molecule has 0 radical (unpaired) electrons. The van der Waals surface area contributed by atoms with E-state index in [9.17, 15) is 9.59 Å². The number of rotatable bonds is 5. The lowest BCUT2D eigenvalue weighted by Gasteiger charge is -2.11. The van der Waals surface area contributed by atoms with Gasteiger partial charge >= 0.3 is 12.1 Å². The van der Waals surface area contributed by atoms with E-state index in [0.717, 1.165) is 29.5 Å². The predicted molar refractivity (Wildman–Crippen MR) is 115 cm³/mol. The number of aromatic nitrogens is 2. The minimum atomic E-state index is -0.584. The van der Waals surface area contributed by atoms with E-state index in [0.29, 0.717) is 22.9 Å². The van der Waals surface area contributed by atoms with Gasteiger partial charge in [0.05, 0.1) is 17.6 Å². The van der Waals surface area contributed by atoms with Gasteiger partial charge in [-0.05, 0) is 56.4 Å². The van der Waals surface area contributed by atoms with Crippen LogP contribution in [-0.2, 0) is 28.9 Å². The smallest absolute Gasteiger partial charge is 0.411 e. The highest BCUT2D eigenvalue weighted by Gasteiger charge is 2.20. The van der Waals surface area contributed by atoms with Crippen molar-refractivity contribution >= 4 is 45.1 Å². The number of esters is 1. The van der Waals surface area contributed by atoms with E-state index in [-0.39, 0.29) is 13.2 Å². The number of nitrogen functional groups attached to an aromatic ring is 1. The van der Waals surface area contributed by atoms with Gasteiger partial charge in [0.25, 0.3) is 0 Å². The first-order chi connectivity index (χ1) is 14.5. The van der Waals surface area contributed by atoms with Crippen LogP contribution in [-0.4, -0.2) is 28.6 Å². The molecule has 9 heteroatoms. The second kappa shape index (κ2) is 8.66. The van der Waals surface area contributed by atoms with Gasteiger partial charge in [0, 0.05) is 10.6 Å². The van der Waals surface area contributed by atoms with Gasteiger partial charge in [0.2, 0.25) is 0 Å². The van der Waals surface area contributed by atoms with E-state index < -0.39 is 12.1 Å². The summed E-state index contributed by atoms with van der Waals surface area (Å²) in [4.78, 5) is 35.1. The summed E-state index contributed by atoms with van der Waals surface area (Å²) in [5, 5.41) is 3.50. The lowest BCUT2D eigenvalue weighted by atomic mass is 9.97. The summed E-state index contributed by atoms with van der Waals surface area (Å²) in [6, 6.07) is 6.42. The minimum Gasteiger partial charge on any atom is -0.454 e. The first-order valence-electron chi connectivity index (χ1n) is 9.82. The summed E-state index contributed by atoms with van der Waals surface area (Å²) in [5.74, 6) is 0.258.